The van der Waals surface area contributed by atoms with E-state index in [9.17, 15) is 14.7 Å². The molecule has 5 heteroatoms. The van der Waals surface area contributed by atoms with Crippen LogP contribution in [0.1, 0.15) is 206 Å². The van der Waals surface area contributed by atoms with Crippen LogP contribution in [0.4, 0.5) is 0 Å². The zero-order chi connectivity index (χ0) is 35.0. The Morgan fingerprint density at radius 1 is 0.500 bits per heavy atom. The fraction of sp³-hybridized carbons (Fsp3) is 0.814. The minimum atomic E-state index is -0.783. The van der Waals surface area contributed by atoms with Gasteiger partial charge < -0.3 is 14.6 Å². The second kappa shape index (κ2) is 39.6. The third-order valence-corrected chi connectivity index (χ3v) is 8.95. The maximum Gasteiger partial charge on any atom is 0.306 e. The van der Waals surface area contributed by atoms with Crippen molar-refractivity contribution < 1.29 is 24.2 Å². The van der Waals surface area contributed by atoms with E-state index in [1.54, 1.807) is 0 Å². The lowest BCUT2D eigenvalue weighted by Gasteiger charge is -2.15. The van der Waals surface area contributed by atoms with Crippen molar-refractivity contribution in [3.8, 4) is 0 Å². The largest absolute Gasteiger partial charge is 0.462 e. The van der Waals surface area contributed by atoms with E-state index >= 15 is 0 Å². The minimum absolute atomic E-state index is 0.0749. The molecule has 0 bridgehead atoms. The van der Waals surface area contributed by atoms with Crippen LogP contribution < -0.4 is 0 Å². The molecule has 0 aromatic rings. The molecule has 1 unspecified atom stereocenters. The number of hydrogen-bond donors (Lipinski definition) is 1. The van der Waals surface area contributed by atoms with Crippen LogP contribution >= 0.6 is 0 Å². The van der Waals surface area contributed by atoms with Crippen molar-refractivity contribution in [2.24, 2.45) is 0 Å². The Kier molecular flexibility index (Phi) is 38.0. The SMILES string of the molecule is CC/C=C\C/C=C\C/C=C\CCCCCC(=O)OC(CO)COC(=O)CCCCCCCCCCCCCCCCCCCCCCC. The summed E-state index contributed by atoms with van der Waals surface area (Å²) in [4.78, 5) is 24.2. The minimum Gasteiger partial charge on any atom is -0.462 e. The second-order valence-electron chi connectivity index (χ2n) is 13.7. The Labute approximate surface area is 297 Å². The smallest absolute Gasteiger partial charge is 0.306 e. The average Bonchev–Trinajstić information content (AvgIpc) is 3.09. The van der Waals surface area contributed by atoms with Crippen molar-refractivity contribution in [2.45, 2.75) is 213 Å². The van der Waals surface area contributed by atoms with E-state index < -0.39 is 6.10 Å². The van der Waals surface area contributed by atoms with Crippen LogP contribution in [0.2, 0.25) is 0 Å². The molecule has 0 amide bonds. The second-order valence-corrected chi connectivity index (χ2v) is 13.7. The van der Waals surface area contributed by atoms with E-state index in [0.29, 0.717) is 12.8 Å². The molecule has 0 radical (unpaired) electrons. The van der Waals surface area contributed by atoms with Gasteiger partial charge in [0.1, 0.15) is 6.61 Å². The molecule has 280 valence electrons. The Morgan fingerprint density at radius 2 is 0.896 bits per heavy atom. The molecular formula is C43H78O5. The Morgan fingerprint density at radius 3 is 1.35 bits per heavy atom. The quantitative estimate of drug-likeness (QED) is 0.0403. The topological polar surface area (TPSA) is 72.8 Å². The molecule has 1 N–H and O–H groups in total. The van der Waals surface area contributed by atoms with Crippen molar-refractivity contribution in [3.63, 3.8) is 0 Å². The molecule has 1 atom stereocenters. The monoisotopic (exact) mass is 675 g/mol. The average molecular weight is 675 g/mol. The van der Waals surface area contributed by atoms with Crippen molar-refractivity contribution in [1.82, 2.24) is 0 Å². The number of carbonyl (C=O) groups is 2. The molecule has 0 aliphatic heterocycles. The van der Waals surface area contributed by atoms with Gasteiger partial charge in [0.05, 0.1) is 6.61 Å². The molecular weight excluding hydrogens is 596 g/mol. The standard InChI is InChI=1S/C43H78O5/c1-3-5-7-9-11-13-15-17-18-19-20-21-22-23-24-26-27-29-31-33-35-37-42(45)47-40-41(39-44)48-43(46)38-36-34-32-30-28-25-16-14-12-10-8-6-4-2/h6,8,12,14,25,28,41,44H,3-5,7,9-11,13,15-24,26-27,29-40H2,1-2H3/b8-6-,14-12-,28-25-. The zero-order valence-electron chi connectivity index (χ0n) is 31.7. The van der Waals surface area contributed by atoms with E-state index in [0.717, 1.165) is 64.2 Å². The van der Waals surface area contributed by atoms with E-state index in [1.165, 1.54) is 116 Å². The normalized spacial score (nSPS) is 12.5. The molecule has 48 heavy (non-hydrogen) atoms. The van der Waals surface area contributed by atoms with Gasteiger partial charge in [-0.1, -0.05) is 185 Å². The lowest BCUT2D eigenvalue weighted by molar-refractivity contribution is -0.161. The summed E-state index contributed by atoms with van der Waals surface area (Å²) in [6.45, 7) is 4.01. The highest BCUT2D eigenvalue weighted by Gasteiger charge is 2.16. The summed E-state index contributed by atoms with van der Waals surface area (Å²) < 4.78 is 10.6. The fourth-order valence-electron chi connectivity index (χ4n) is 5.86. The number of unbranched alkanes of at least 4 members (excludes halogenated alkanes) is 23. The molecule has 0 saturated heterocycles. The molecule has 0 saturated carbocycles. The highest BCUT2D eigenvalue weighted by atomic mass is 16.6. The summed E-state index contributed by atoms with van der Waals surface area (Å²) in [6, 6.07) is 0. The Balaban J connectivity index is 3.51. The molecule has 5 nitrogen and oxygen atoms in total. The Hall–Kier alpha value is -1.88. The third kappa shape index (κ3) is 36.9. The highest BCUT2D eigenvalue weighted by Crippen LogP contribution is 2.15. The van der Waals surface area contributed by atoms with Crippen LogP contribution in [0.5, 0.6) is 0 Å². The van der Waals surface area contributed by atoms with Gasteiger partial charge in [0.25, 0.3) is 0 Å². The van der Waals surface area contributed by atoms with E-state index in [2.05, 4.69) is 50.3 Å². The number of rotatable bonds is 37. The number of aliphatic hydroxyl groups excluding tert-OH is 1. The molecule has 0 spiro atoms. The van der Waals surface area contributed by atoms with Crippen LogP contribution in [0.25, 0.3) is 0 Å². The summed E-state index contributed by atoms with van der Waals surface area (Å²) >= 11 is 0. The van der Waals surface area contributed by atoms with Gasteiger partial charge in [0.15, 0.2) is 6.10 Å². The van der Waals surface area contributed by atoms with Gasteiger partial charge >= 0.3 is 11.9 Å². The summed E-state index contributed by atoms with van der Waals surface area (Å²) in [7, 11) is 0. The molecule has 0 aromatic carbocycles. The number of hydrogen-bond acceptors (Lipinski definition) is 5. The van der Waals surface area contributed by atoms with Crippen LogP contribution in [0, 0.1) is 0 Å². The van der Waals surface area contributed by atoms with E-state index in [4.69, 9.17) is 9.47 Å². The number of aliphatic hydroxyl groups is 1. The molecule has 0 aliphatic carbocycles. The zero-order valence-corrected chi connectivity index (χ0v) is 31.7. The molecule has 0 aromatic heterocycles. The van der Waals surface area contributed by atoms with Crippen molar-refractivity contribution in [2.75, 3.05) is 13.2 Å². The van der Waals surface area contributed by atoms with Crippen LogP contribution in [-0.4, -0.2) is 36.4 Å². The molecule has 0 heterocycles. The fourth-order valence-corrected chi connectivity index (χ4v) is 5.86. The lowest BCUT2D eigenvalue weighted by atomic mass is 10.0. The van der Waals surface area contributed by atoms with E-state index in [-0.39, 0.29) is 25.2 Å². The van der Waals surface area contributed by atoms with Crippen LogP contribution in [0.15, 0.2) is 36.5 Å². The summed E-state index contributed by atoms with van der Waals surface area (Å²) in [5.41, 5.74) is 0. The summed E-state index contributed by atoms with van der Waals surface area (Å²) in [5.74, 6) is -0.619. The summed E-state index contributed by atoms with van der Waals surface area (Å²) in [6.07, 6.45) is 47.9. The van der Waals surface area contributed by atoms with Crippen LogP contribution in [0.3, 0.4) is 0 Å². The lowest BCUT2D eigenvalue weighted by Crippen LogP contribution is -2.28. The van der Waals surface area contributed by atoms with Gasteiger partial charge in [-0.25, -0.2) is 0 Å². The van der Waals surface area contributed by atoms with Gasteiger partial charge in [-0.15, -0.1) is 0 Å². The van der Waals surface area contributed by atoms with Crippen LogP contribution in [-0.2, 0) is 19.1 Å². The first-order chi connectivity index (χ1) is 23.6. The molecule has 0 rings (SSSR count). The van der Waals surface area contributed by atoms with Crippen molar-refractivity contribution >= 4 is 11.9 Å². The third-order valence-electron chi connectivity index (χ3n) is 8.95. The molecule has 0 fully saturated rings. The Bertz CT molecular complexity index is 771. The van der Waals surface area contributed by atoms with Crippen molar-refractivity contribution in [1.29, 1.82) is 0 Å². The first kappa shape index (κ1) is 46.1. The maximum absolute atomic E-state index is 12.1. The van der Waals surface area contributed by atoms with Crippen molar-refractivity contribution in [3.05, 3.63) is 36.5 Å². The van der Waals surface area contributed by atoms with Gasteiger partial charge in [-0.3, -0.25) is 9.59 Å². The number of carbonyl (C=O) groups excluding carboxylic acids is 2. The predicted octanol–water partition coefficient (Wildman–Crippen LogP) is 12.8. The molecule has 0 aliphatic rings. The maximum atomic E-state index is 12.1. The highest BCUT2D eigenvalue weighted by molar-refractivity contribution is 5.70. The van der Waals surface area contributed by atoms with Gasteiger partial charge in [0, 0.05) is 12.8 Å². The first-order valence-corrected chi connectivity index (χ1v) is 20.5. The number of ether oxygens (including phenoxy) is 2. The first-order valence-electron chi connectivity index (χ1n) is 20.5. The predicted molar refractivity (Wildman–Crippen MR) is 205 cm³/mol. The summed E-state index contributed by atoms with van der Waals surface area (Å²) in [5, 5.41) is 9.54. The number of allylic oxidation sites excluding steroid dienone is 6. The van der Waals surface area contributed by atoms with Gasteiger partial charge in [0.2, 0.25) is 0 Å². The number of esters is 2. The van der Waals surface area contributed by atoms with Gasteiger partial charge in [-0.05, 0) is 44.9 Å². The van der Waals surface area contributed by atoms with Gasteiger partial charge in [-0.2, -0.15) is 0 Å². The van der Waals surface area contributed by atoms with E-state index in [1.807, 2.05) is 0 Å².